The van der Waals surface area contributed by atoms with Crippen molar-refractivity contribution in [2.75, 3.05) is 7.05 Å². The van der Waals surface area contributed by atoms with Crippen molar-refractivity contribution in [1.29, 1.82) is 0 Å². The Balaban J connectivity index is 2.23. The molecule has 21 heavy (non-hydrogen) atoms. The molecule has 0 saturated heterocycles. The van der Waals surface area contributed by atoms with Crippen molar-refractivity contribution in [3.05, 3.63) is 52.5 Å². The molecular formula is C16H23BrN4. The molecule has 114 valence electrons. The summed E-state index contributed by atoms with van der Waals surface area (Å²) in [6, 6.07) is 8.69. The van der Waals surface area contributed by atoms with Crippen LogP contribution in [0.2, 0.25) is 0 Å². The first kappa shape index (κ1) is 16.2. The number of nitrogens with zero attached hydrogens (tertiary/aromatic N) is 3. The fourth-order valence-corrected chi connectivity index (χ4v) is 2.85. The number of likely N-dealkylation sites (N-methyl/N-ethyl adjacent to an activating group) is 1. The van der Waals surface area contributed by atoms with Gasteiger partial charge in [0.05, 0.1) is 12.6 Å². The van der Waals surface area contributed by atoms with E-state index in [2.05, 4.69) is 64.1 Å². The highest BCUT2D eigenvalue weighted by Crippen LogP contribution is 2.26. The second-order valence-electron chi connectivity index (χ2n) is 5.44. The topological polar surface area (TPSA) is 47.1 Å². The van der Waals surface area contributed by atoms with Gasteiger partial charge in [0.15, 0.2) is 0 Å². The summed E-state index contributed by atoms with van der Waals surface area (Å²) in [6.45, 7) is 2.91. The average molecular weight is 351 g/mol. The molecule has 0 aliphatic heterocycles. The molecule has 2 unspecified atom stereocenters. The SMILES string of the molecule is CCC(N)C(c1ccc(Br)cc1)N(C)Cc1nccn1C. The summed E-state index contributed by atoms with van der Waals surface area (Å²) in [5.41, 5.74) is 7.61. The molecule has 1 aromatic carbocycles. The van der Waals surface area contributed by atoms with Gasteiger partial charge in [0.25, 0.3) is 0 Å². The van der Waals surface area contributed by atoms with E-state index in [-0.39, 0.29) is 12.1 Å². The fourth-order valence-electron chi connectivity index (χ4n) is 2.58. The van der Waals surface area contributed by atoms with Gasteiger partial charge in [0.1, 0.15) is 5.82 Å². The lowest BCUT2D eigenvalue weighted by molar-refractivity contribution is 0.195. The number of hydrogen-bond acceptors (Lipinski definition) is 3. The monoisotopic (exact) mass is 350 g/mol. The second-order valence-corrected chi connectivity index (χ2v) is 6.35. The first-order valence-corrected chi connectivity index (χ1v) is 7.99. The number of benzene rings is 1. The highest BCUT2D eigenvalue weighted by Gasteiger charge is 2.24. The lowest BCUT2D eigenvalue weighted by atomic mass is 9.96. The molecule has 2 atom stereocenters. The van der Waals surface area contributed by atoms with E-state index < -0.39 is 0 Å². The van der Waals surface area contributed by atoms with Crippen LogP contribution in [-0.4, -0.2) is 27.5 Å². The Labute approximate surface area is 135 Å². The minimum absolute atomic E-state index is 0.0939. The summed E-state index contributed by atoms with van der Waals surface area (Å²) in [4.78, 5) is 6.68. The summed E-state index contributed by atoms with van der Waals surface area (Å²) < 4.78 is 3.13. The van der Waals surface area contributed by atoms with E-state index in [9.17, 15) is 0 Å². The van der Waals surface area contributed by atoms with Crippen molar-refractivity contribution in [2.45, 2.75) is 32.0 Å². The lowest BCUT2D eigenvalue weighted by Crippen LogP contribution is -2.39. The van der Waals surface area contributed by atoms with E-state index in [4.69, 9.17) is 5.73 Å². The molecule has 2 N–H and O–H groups in total. The van der Waals surface area contributed by atoms with Crippen molar-refractivity contribution < 1.29 is 0 Å². The minimum Gasteiger partial charge on any atom is -0.337 e. The van der Waals surface area contributed by atoms with E-state index in [1.54, 1.807) is 0 Å². The van der Waals surface area contributed by atoms with Crippen LogP contribution in [0.3, 0.4) is 0 Å². The lowest BCUT2D eigenvalue weighted by Gasteiger charge is -2.32. The van der Waals surface area contributed by atoms with Crippen LogP contribution >= 0.6 is 15.9 Å². The molecule has 0 aliphatic carbocycles. The Hall–Kier alpha value is -1.17. The number of halogens is 1. The Bertz CT molecular complexity index is 564. The third-order valence-electron chi connectivity index (χ3n) is 3.88. The van der Waals surface area contributed by atoms with Gasteiger partial charge in [-0.2, -0.15) is 0 Å². The van der Waals surface area contributed by atoms with Gasteiger partial charge in [0.2, 0.25) is 0 Å². The van der Waals surface area contributed by atoms with Crippen molar-refractivity contribution in [3.63, 3.8) is 0 Å². The molecule has 2 rings (SSSR count). The predicted molar refractivity (Wildman–Crippen MR) is 89.8 cm³/mol. The van der Waals surface area contributed by atoms with Crippen LogP contribution in [0, 0.1) is 0 Å². The molecule has 0 saturated carbocycles. The van der Waals surface area contributed by atoms with Crippen molar-refractivity contribution >= 4 is 15.9 Å². The molecule has 0 radical (unpaired) electrons. The summed E-state index contributed by atoms with van der Waals surface area (Å²) in [5.74, 6) is 1.04. The molecule has 0 fully saturated rings. The maximum absolute atomic E-state index is 6.37. The van der Waals surface area contributed by atoms with Crippen LogP contribution < -0.4 is 5.73 Å². The molecule has 5 heteroatoms. The zero-order valence-electron chi connectivity index (χ0n) is 12.8. The van der Waals surface area contributed by atoms with Crippen LogP contribution in [0.1, 0.15) is 30.8 Å². The first-order valence-electron chi connectivity index (χ1n) is 7.20. The third-order valence-corrected chi connectivity index (χ3v) is 4.40. The van der Waals surface area contributed by atoms with Crippen molar-refractivity contribution in [1.82, 2.24) is 14.5 Å². The molecule has 2 aromatic rings. The maximum atomic E-state index is 6.37. The number of rotatable bonds is 6. The molecular weight excluding hydrogens is 328 g/mol. The van der Waals surface area contributed by atoms with Gasteiger partial charge in [-0.1, -0.05) is 35.0 Å². The van der Waals surface area contributed by atoms with Crippen molar-refractivity contribution in [2.24, 2.45) is 12.8 Å². The Morgan fingerprint density at radius 2 is 2.00 bits per heavy atom. The van der Waals surface area contributed by atoms with Gasteiger partial charge >= 0.3 is 0 Å². The number of aryl methyl sites for hydroxylation is 1. The Kier molecular flexibility index (Phi) is 5.56. The van der Waals surface area contributed by atoms with E-state index in [1.165, 1.54) is 5.56 Å². The Morgan fingerprint density at radius 3 is 2.52 bits per heavy atom. The van der Waals surface area contributed by atoms with Gasteiger partial charge in [-0.15, -0.1) is 0 Å². The normalized spacial score (nSPS) is 14.4. The minimum atomic E-state index is 0.0939. The predicted octanol–water partition coefficient (Wildman–Crippen LogP) is 3.09. The third kappa shape index (κ3) is 3.93. The standard InChI is InChI=1S/C16H23BrN4/c1-4-14(18)16(12-5-7-13(17)8-6-12)21(3)11-15-19-9-10-20(15)2/h5-10,14,16H,4,11,18H2,1-3H3. The molecule has 0 spiro atoms. The number of hydrogen-bond donors (Lipinski definition) is 1. The van der Waals surface area contributed by atoms with Crippen LogP contribution in [0.15, 0.2) is 41.1 Å². The Morgan fingerprint density at radius 1 is 1.33 bits per heavy atom. The van der Waals surface area contributed by atoms with Gasteiger partial charge in [-0.3, -0.25) is 4.90 Å². The number of imidazole rings is 1. The molecule has 4 nitrogen and oxygen atoms in total. The smallest absolute Gasteiger partial charge is 0.122 e. The molecule has 0 bridgehead atoms. The van der Waals surface area contributed by atoms with Gasteiger partial charge in [-0.05, 0) is 31.2 Å². The fraction of sp³-hybridized carbons (Fsp3) is 0.438. The molecule has 0 amide bonds. The van der Waals surface area contributed by atoms with Crippen LogP contribution in [0.5, 0.6) is 0 Å². The quantitative estimate of drug-likeness (QED) is 0.870. The summed E-state index contributed by atoms with van der Waals surface area (Å²) in [7, 11) is 4.13. The zero-order valence-corrected chi connectivity index (χ0v) is 14.4. The maximum Gasteiger partial charge on any atom is 0.122 e. The number of aromatic nitrogens is 2. The zero-order chi connectivity index (χ0) is 15.4. The van der Waals surface area contributed by atoms with Gasteiger partial charge in [0, 0.05) is 30.0 Å². The van der Waals surface area contributed by atoms with Crippen LogP contribution in [0.4, 0.5) is 0 Å². The van der Waals surface area contributed by atoms with E-state index in [0.717, 1.165) is 23.3 Å². The van der Waals surface area contributed by atoms with E-state index in [0.29, 0.717) is 0 Å². The first-order chi connectivity index (χ1) is 10.0. The highest BCUT2D eigenvalue weighted by atomic mass is 79.9. The van der Waals surface area contributed by atoms with E-state index in [1.807, 2.05) is 24.0 Å². The molecule has 0 aliphatic rings. The largest absolute Gasteiger partial charge is 0.337 e. The summed E-state index contributed by atoms with van der Waals surface area (Å²) >= 11 is 3.49. The van der Waals surface area contributed by atoms with Crippen molar-refractivity contribution in [3.8, 4) is 0 Å². The summed E-state index contributed by atoms with van der Waals surface area (Å²) in [5, 5.41) is 0. The summed E-state index contributed by atoms with van der Waals surface area (Å²) in [6.07, 6.45) is 4.74. The van der Waals surface area contributed by atoms with E-state index >= 15 is 0 Å². The molecule has 1 aromatic heterocycles. The van der Waals surface area contributed by atoms with Gasteiger partial charge < -0.3 is 10.3 Å². The number of nitrogens with two attached hydrogens (primary N) is 1. The average Bonchev–Trinajstić information content (AvgIpc) is 2.86. The van der Waals surface area contributed by atoms with Gasteiger partial charge in [-0.25, -0.2) is 4.98 Å². The second kappa shape index (κ2) is 7.20. The van der Waals surface area contributed by atoms with Crippen LogP contribution in [0.25, 0.3) is 0 Å². The molecule has 1 heterocycles. The highest BCUT2D eigenvalue weighted by molar-refractivity contribution is 9.10. The van der Waals surface area contributed by atoms with Crippen LogP contribution in [-0.2, 0) is 13.6 Å².